The van der Waals surface area contributed by atoms with Gasteiger partial charge in [-0.25, -0.2) is 0 Å². The molecule has 0 atom stereocenters. The Balaban J connectivity index is 1.73. The number of hydrogen-bond donors (Lipinski definition) is 1. The van der Waals surface area contributed by atoms with Crippen molar-refractivity contribution in [2.45, 2.75) is 6.92 Å². The van der Waals surface area contributed by atoms with Crippen LogP contribution in [-0.4, -0.2) is 35.6 Å². The van der Waals surface area contributed by atoms with Gasteiger partial charge in [-0.1, -0.05) is 0 Å². The summed E-state index contributed by atoms with van der Waals surface area (Å²) >= 11 is 0. The molecule has 1 fully saturated rings. The molecule has 1 N–H and O–H groups in total. The van der Waals surface area contributed by atoms with E-state index in [4.69, 9.17) is 9.84 Å². The van der Waals surface area contributed by atoms with Crippen LogP contribution in [0.4, 0.5) is 0 Å². The summed E-state index contributed by atoms with van der Waals surface area (Å²) in [4.78, 5) is 12.7. The smallest absolute Gasteiger partial charge is 0.219 e. The second kappa shape index (κ2) is 4.43. The van der Waals surface area contributed by atoms with Gasteiger partial charge in [0, 0.05) is 25.9 Å². The maximum absolute atomic E-state index is 10.9. The number of carbonyl (C=O) groups is 1. The van der Waals surface area contributed by atoms with E-state index in [-0.39, 0.29) is 11.7 Å². The topological polar surface area (TPSA) is 49.8 Å². The van der Waals surface area contributed by atoms with Crippen molar-refractivity contribution in [1.82, 2.24) is 4.90 Å². The maximum atomic E-state index is 10.9. The monoisotopic (exact) mass is 221 g/mol. The Labute approximate surface area is 94.4 Å². The van der Waals surface area contributed by atoms with Gasteiger partial charge in [-0.15, -0.1) is 0 Å². The highest BCUT2D eigenvalue weighted by Crippen LogP contribution is 2.20. The first-order valence-electron chi connectivity index (χ1n) is 5.32. The molecule has 0 unspecified atom stereocenters. The van der Waals surface area contributed by atoms with Crippen molar-refractivity contribution in [3.63, 3.8) is 0 Å². The van der Waals surface area contributed by atoms with Crippen molar-refractivity contribution in [2.24, 2.45) is 5.92 Å². The molecule has 0 bridgehead atoms. The lowest BCUT2D eigenvalue weighted by Crippen LogP contribution is -2.51. The second-order valence-electron chi connectivity index (χ2n) is 4.09. The highest BCUT2D eigenvalue weighted by atomic mass is 16.5. The van der Waals surface area contributed by atoms with E-state index < -0.39 is 0 Å². The summed E-state index contributed by atoms with van der Waals surface area (Å²) < 4.78 is 5.54. The molecule has 1 amide bonds. The highest BCUT2D eigenvalue weighted by molar-refractivity contribution is 5.74. The van der Waals surface area contributed by atoms with Gasteiger partial charge in [0.05, 0.1) is 6.61 Å². The molecule has 86 valence electrons. The maximum Gasteiger partial charge on any atom is 0.219 e. The van der Waals surface area contributed by atoms with E-state index in [1.54, 1.807) is 36.1 Å². The number of amides is 1. The number of rotatable bonds is 3. The number of ether oxygens (including phenoxy) is 1. The Kier molecular flexibility index (Phi) is 2.99. The lowest BCUT2D eigenvalue weighted by Gasteiger charge is -2.38. The number of likely N-dealkylation sites (tertiary alicyclic amines) is 1. The standard InChI is InChI=1S/C12H15NO3/c1-9(14)13-6-10(7-13)8-16-12-4-2-11(15)3-5-12/h2-5,10,15H,6-8H2,1H3. The van der Waals surface area contributed by atoms with Crippen molar-refractivity contribution in [3.05, 3.63) is 24.3 Å². The zero-order valence-corrected chi connectivity index (χ0v) is 9.22. The van der Waals surface area contributed by atoms with Crippen LogP contribution in [0.1, 0.15) is 6.92 Å². The third kappa shape index (κ3) is 2.45. The summed E-state index contributed by atoms with van der Waals surface area (Å²) in [7, 11) is 0. The summed E-state index contributed by atoms with van der Waals surface area (Å²) in [6.07, 6.45) is 0. The van der Waals surface area contributed by atoms with Crippen molar-refractivity contribution >= 4 is 5.91 Å². The van der Waals surface area contributed by atoms with Crippen molar-refractivity contribution in [1.29, 1.82) is 0 Å². The van der Waals surface area contributed by atoms with Crippen molar-refractivity contribution < 1.29 is 14.6 Å². The number of carbonyl (C=O) groups excluding carboxylic acids is 1. The normalized spacial score (nSPS) is 15.7. The minimum Gasteiger partial charge on any atom is -0.508 e. The number of phenols is 1. The Morgan fingerprint density at radius 3 is 2.62 bits per heavy atom. The fourth-order valence-electron chi connectivity index (χ4n) is 1.69. The minimum atomic E-state index is 0.126. The molecular weight excluding hydrogens is 206 g/mol. The van der Waals surface area contributed by atoms with Crippen LogP contribution in [0.2, 0.25) is 0 Å². The zero-order chi connectivity index (χ0) is 11.5. The number of hydrogen-bond acceptors (Lipinski definition) is 3. The lowest BCUT2D eigenvalue weighted by atomic mass is 10.0. The fraction of sp³-hybridized carbons (Fsp3) is 0.417. The molecule has 1 aliphatic rings. The molecule has 4 nitrogen and oxygen atoms in total. The van der Waals surface area contributed by atoms with Crippen LogP contribution in [0.25, 0.3) is 0 Å². The largest absolute Gasteiger partial charge is 0.508 e. The predicted octanol–water partition coefficient (Wildman–Crippen LogP) is 1.25. The number of aromatic hydroxyl groups is 1. The van der Waals surface area contributed by atoms with E-state index >= 15 is 0 Å². The van der Waals surface area contributed by atoms with Crippen LogP contribution in [-0.2, 0) is 4.79 Å². The van der Waals surface area contributed by atoms with E-state index in [0.29, 0.717) is 12.5 Å². The molecular formula is C12H15NO3. The summed E-state index contributed by atoms with van der Waals surface area (Å²) in [6.45, 7) is 3.77. The third-order valence-electron chi connectivity index (χ3n) is 2.72. The van der Waals surface area contributed by atoms with E-state index in [0.717, 1.165) is 18.8 Å². The molecule has 0 radical (unpaired) electrons. The summed E-state index contributed by atoms with van der Waals surface area (Å²) in [5.74, 6) is 1.54. The van der Waals surface area contributed by atoms with E-state index in [9.17, 15) is 4.79 Å². The summed E-state index contributed by atoms with van der Waals surface area (Å²) in [5, 5.41) is 9.09. The second-order valence-corrected chi connectivity index (χ2v) is 4.09. The molecule has 0 aromatic heterocycles. The summed E-state index contributed by atoms with van der Waals surface area (Å²) in [6, 6.07) is 6.66. The van der Waals surface area contributed by atoms with Gasteiger partial charge >= 0.3 is 0 Å². The number of benzene rings is 1. The van der Waals surface area contributed by atoms with Crippen molar-refractivity contribution in [3.8, 4) is 11.5 Å². The molecule has 0 spiro atoms. The lowest BCUT2D eigenvalue weighted by molar-refractivity contribution is -0.135. The van der Waals surface area contributed by atoms with Gasteiger partial charge in [-0.05, 0) is 24.3 Å². The summed E-state index contributed by atoms with van der Waals surface area (Å²) in [5.41, 5.74) is 0. The van der Waals surface area contributed by atoms with Crippen LogP contribution in [0.5, 0.6) is 11.5 Å². The van der Waals surface area contributed by atoms with Crippen LogP contribution in [0.15, 0.2) is 24.3 Å². The van der Waals surface area contributed by atoms with Crippen LogP contribution >= 0.6 is 0 Å². The first-order chi connectivity index (χ1) is 7.65. The Bertz CT molecular complexity index is 368. The predicted molar refractivity (Wildman–Crippen MR) is 59.3 cm³/mol. The van der Waals surface area contributed by atoms with Gasteiger partial charge in [0.1, 0.15) is 11.5 Å². The molecule has 0 saturated carbocycles. The third-order valence-corrected chi connectivity index (χ3v) is 2.72. The first kappa shape index (κ1) is 10.8. The molecule has 1 saturated heterocycles. The fourth-order valence-corrected chi connectivity index (χ4v) is 1.69. The molecule has 0 aliphatic carbocycles. The molecule has 4 heteroatoms. The van der Waals surface area contributed by atoms with E-state index in [1.165, 1.54) is 0 Å². The van der Waals surface area contributed by atoms with E-state index in [1.807, 2.05) is 0 Å². The average molecular weight is 221 g/mol. The molecule has 16 heavy (non-hydrogen) atoms. The van der Waals surface area contributed by atoms with E-state index in [2.05, 4.69) is 0 Å². The molecule has 1 aromatic rings. The molecule has 2 rings (SSSR count). The van der Waals surface area contributed by atoms with Crippen molar-refractivity contribution in [2.75, 3.05) is 19.7 Å². The average Bonchev–Trinajstić information content (AvgIpc) is 2.18. The number of phenolic OH excluding ortho intramolecular Hbond substituents is 1. The Morgan fingerprint density at radius 1 is 1.44 bits per heavy atom. The number of nitrogens with zero attached hydrogens (tertiary/aromatic N) is 1. The molecule has 1 aromatic carbocycles. The zero-order valence-electron chi connectivity index (χ0n) is 9.22. The highest BCUT2D eigenvalue weighted by Gasteiger charge is 2.28. The van der Waals surface area contributed by atoms with Gasteiger partial charge in [0.2, 0.25) is 5.91 Å². The van der Waals surface area contributed by atoms with Gasteiger partial charge in [-0.2, -0.15) is 0 Å². The van der Waals surface area contributed by atoms with Crippen LogP contribution in [0.3, 0.4) is 0 Å². The SMILES string of the molecule is CC(=O)N1CC(COc2ccc(O)cc2)C1. The molecule has 1 aliphatic heterocycles. The Hall–Kier alpha value is -1.71. The van der Waals surface area contributed by atoms with Gasteiger partial charge in [0.15, 0.2) is 0 Å². The quantitative estimate of drug-likeness (QED) is 0.835. The first-order valence-corrected chi connectivity index (χ1v) is 5.32. The van der Waals surface area contributed by atoms with Crippen LogP contribution < -0.4 is 4.74 Å². The minimum absolute atomic E-state index is 0.126. The molecule has 1 heterocycles. The van der Waals surface area contributed by atoms with Gasteiger partial charge in [-0.3, -0.25) is 4.79 Å². The van der Waals surface area contributed by atoms with Gasteiger partial charge < -0.3 is 14.7 Å². The van der Waals surface area contributed by atoms with Crippen LogP contribution in [0, 0.1) is 5.92 Å². The van der Waals surface area contributed by atoms with Gasteiger partial charge in [0.25, 0.3) is 0 Å². The Morgan fingerprint density at radius 2 is 2.06 bits per heavy atom.